The van der Waals surface area contributed by atoms with Crippen LogP contribution in [0.2, 0.25) is 0 Å². The Bertz CT molecular complexity index is 801. The van der Waals surface area contributed by atoms with Gasteiger partial charge in [0, 0.05) is 10.5 Å². The number of hydrogen-bond donors (Lipinski definition) is 1. The molecule has 0 aromatic heterocycles. The summed E-state index contributed by atoms with van der Waals surface area (Å²) < 4.78 is 36.9. The molecule has 2 aromatic carbocycles. The Morgan fingerprint density at radius 3 is 2.62 bits per heavy atom. The maximum atomic E-state index is 13.5. The van der Waals surface area contributed by atoms with Crippen molar-refractivity contribution in [3.05, 3.63) is 64.1 Å². The maximum absolute atomic E-state index is 13.5. The van der Waals surface area contributed by atoms with Gasteiger partial charge in [0.1, 0.15) is 5.82 Å². The number of carbonyl (C=O) groups excluding carboxylic acids is 2. The van der Waals surface area contributed by atoms with Crippen LogP contribution in [0.3, 0.4) is 0 Å². The first-order valence-corrected chi connectivity index (χ1v) is 8.38. The van der Waals surface area contributed by atoms with E-state index in [-0.39, 0.29) is 12.2 Å². The van der Waals surface area contributed by atoms with Crippen molar-refractivity contribution in [2.24, 2.45) is 0 Å². The third kappa shape index (κ3) is 5.80. The lowest BCUT2D eigenvalue weighted by Crippen LogP contribution is -2.34. The van der Waals surface area contributed by atoms with Gasteiger partial charge in [-0.3, -0.25) is 9.59 Å². The smallest absolute Gasteiger partial charge is 0.307 e. The summed E-state index contributed by atoms with van der Waals surface area (Å²) in [6.45, 7) is -0.492. The predicted molar refractivity (Wildman–Crippen MR) is 93.5 cm³/mol. The zero-order valence-corrected chi connectivity index (χ0v) is 15.4. The van der Waals surface area contributed by atoms with Crippen LogP contribution in [0.5, 0.6) is 5.75 Å². The first-order valence-electron chi connectivity index (χ1n) is 7.58. The summed E-state index contributed by atoms with van der Waals surface area (Å²) in [7, 11) is 1.25. The van der Waals surface area contributed by atoms with Crippen molar-refractivity contribution >= 4 is 27.8 Å². The standard InChI is InChI=1S/C18H16BrF2NO4/c1-25-18(24)9-15(11-3-2-4-12(19)7-11)22-17(23)10-26-16-6-5-13(20)8-14(16)21/h2-8,15H,9-10H2,1H3,(H,22,23). The first-order chi connectivity index (χ1) is 12.4. The van der Waals surface area contributed by atoms with E-state index in [1.165, 1.54) is 7.11 Å². The Hall–Kier alpha value is -2.48. The number of hydrogen-bond acceptors (Lipinski definition) is 4. The van der Waals surface area contributed by atoms with E-state index in [1.807, 2.05) is 0 Å². The van der Waals surface area contributed by atoms with E-state index in [1.54, 1.807) is 24.3 Å². The van der Waals surface area contributed by atoms with Gasteiger partial charge < -0.3 is 14.8 Å². The van der Waals surface area contributed by atoms with Gasteiger partial charge in [0.2, 0.25) is 0 Å². The quantitative estimate of drug-likeness (QED) is 0.686. The van der Waals surface area contributed by atoms with Crippen LogP contribution in [0, 0.1) is 11.6 Å². The SMILES string of the molecule is COC(=O)CC(NC(=O)COc1ccc(F)cc1F)c1cccc(Br)c1. The van der Waals surface area contributed by atoms with Crippen molar-refractivity contribution < 1.29 is 27.8 Å². The molecule has 0 aliphatic carbocycles. The minimum absolute atomic E-state index is 0.0798. The Balaban J connectivity index is 2.04. The molecule has 0 bridgehead atoms. The molecule has 8 heteroatoms. The van der Waals surface area contributed by atoms with Crippen LogP contribution in [0.25, 0.3) is 0 Å². The summed E-state index contributed by atoms with van der Waals surface area (Å²) in [4.78, 5) is 23.8. The monoisotopic (exact) mass is 427 g/mol. The van der Waals surface area contributed by atoms with Crippen LogP contribution in [-0.4, -0.2) is 25.6 Å². The number of ether oxygens (including phenoxy) is 2. The normalized spacial score (nSPS) is 11.5. The van der Waals surface area contributed by atoms with E-state index in [2.05, 4.69) is 26.0 Å². The van der Waals surface area contributed by atoms with E-state index in [0.717, 1.165) is 16.6 Å². The maximum Gasteiger partial charge on any atom is 0.307 e. The summed E-state index contributed by atoms with van der Waals surface area (Å²) in [5.41, 5.74) is 0.686. The molecule has 0 spiro atoms. The lowest BCUT2D eigenvalue weighted by Gasteiger charge is -2.19. The molecule has 0 heterocycles. The van der Waals surface area contributed by atoms with Crippen LogP contribution in [-0.2, 0) is 14.3 Å². The molecule has 0 saturated heterocycles. The highest BCUT2D eigenvalue weighted by molar-refractivity contribution is 9.10. The molecule has 2 aromatic rings. The number of methoxy groups -OCH3 is 1. The van der Waals surface area contributed by atoms with Crippen molar-refractivity contribution in [1.29, 1.82) is 0 Å². The number of carbonyl (C=O) groups is 2. The molecule has 0 aliphatic rings. The third-order valence-electron chi connectivity index (χ3n) is 3.44. The van der Waals surface area contributed by atoms with Gasteiger partial charge in [-0.15, -0.1) is 0 Å². The second kappa shape index (κ2) is 9.28. The van der Waals surface area contributed by atoms with Gasteiger partial charge >= 0.3 is 5.97 Å². The second-order valence-electron chi connectivity index (χ2n) is 5.32. The van der Waals surface area contributed by atoms with Gasteiger partial charge in [-0.05, 0) is 29.8 Å². The molecule has 26 heavy (non-hydrogen) atoms. The van der Waals surface area contributed by atoms with Gasteiger partial charge in [-0.2, -0.15) is 0 Å². The fraction of sp³-hybridized carbons (Fsp3) is 0.222. The minimum Gasteiger partial charge on any atom is -0.481 e. The zero-order chi connectivity index (χ0) is 19.1. The summed E-state index contributed by atoms with van der Waals surface area (Å²) >= 11 is 3.33. The third-order valence-corrected chi connectivity index (χ3v) is 3.93. The average Bonchev–Trinajstić information content (AvgIpc) is 2.60. The fourth-order valence-corrected chi connectivity index (χ4v) is 2.61. The van der Waals surface area contributed by atoms with Crippen molar-refractivity contribution in [3.63, 3.8) is 0 Å². The molecule has 0 aliphatic heterocycles. The van der Waals surface area contributed by atoms with Crippen LogP contribution in [0.4, 0.5) is 8.78 Å². The highest BCUT2D eigenvalue weighted by Gasteiger charge is 2.20. The summed E-state index contributed by atoms with van der Waals surface area (Å²) in [6, 6.07) is 9.22. The molecule has 1 amide bonds. The Morgan fingerprint density at radius 2 is 1.96 bits per heavy atom. The van der Waals surface area contributed by atoms with Gasteiger partial charge in [-0.25, -0.2) is 8.78 Å². The number of esters is 1. The van der Waals surface area contributed by atoms with Crippen LogP contribution in [0.15, 0.2) is 46.9 Å². The van der Waals surface area contributed by atoms with Gasteiger partial charge in [0.15, 0.2) is 18.2 Å². The average molecular weight is 428 g/mol. The lowest BCUT2D eigenvalue weighted by molar-refractivity contribution is -0.141. The molecule has 1 N–H and O–H groups in total. The molecule has 0 saturated carbocycles. The number of halogens is 3. The van der Waals surface area contributed by atoms with Crippen molar-refractivity contribution in [2.75, 3.05) is 13.7 Å². The highest BCUT2D eigenvalue weighted by Crippen LogP contribution is 2.22. The van der Waals surface area contributed by atoms with E-state index >= 15 is 0 Å². The van der Waals surface area contributed by atoms with E-state index in [4.69, 9.17) is 4.74 Å². The molecule has 0 fully saturated rings. The molecule has 1 atom stereocenters. The lowest BCUT2D eigenvalue weighted by atomic mass is 10.0. The zero-order valence-electron chi connectivity index (χ0n) is 13.8. The summed E-state index contributed by atoms with van der Waals surface area (Å²) in [6.07, 6.45) is -0.0798. The fourth-order valence-electron chi connectivity index (χ4n) is 2.20. The Morgan fingerprint density at radius 1 is 1.19 bits per heavy atom. The summed E-state index contributed by atoms with van der Waals surface area (Å²) in [5, 5.41) is 2.64. The largest absolute Gasteiger partial charge is 0.481 e. The van der Waals surface area contributed by atoms with Crippen LogP contribution >= 0.6 is 15.9 Å². The first kappa shape index (κ1) is 19.8. The Kier molecular flexibility index (Phi) is 7.08. The molecule has 0 radical (unpaired) electrons. The van der Waals surface area contributed by atoms with Gasteiger partial charge in [0.05, 0.1) is 19.6 Å². The molecule has 2 rings (SSSR count). The molecule has 138 valence electrons. The molecular weight excluding hydrogens is 412 g/mol. The predicted octanol–water partition coefficient (Wildman–Crippen LogP) is 3.53. The second-order valence-corrected chi connectivity index (χ2v) is 6.23. The van der Waals surface area contributed by atoms with E-state index in [0.29, 0.717) is 11.6 Å². The molecular formula is C18H16BrF2NO4. The van der Waals surface area contributed by atoms with Crippen molar-refractivity contribution in [2.45, 2.75) is 12.5 Å². The van der Waals surface area contributed by atoms with Crippen molar-refractivity contribution in [3.8, 4) is 5.75 Å². The minimum atomic E-state index is -0.907. The number of nitrogens with one attached hydrogen (secondary N) is 1. The van der Waals surface area contributed by atoms with E-state index < -0.39 is 36.2 Å². The topological polar surface area (TPSA) is 64.6 Å². The number of rotatable bonds is 7. The Labute approximate surface area is 157 Å². The number of benzene rings is 2. The molecule has 5 nitrogen and oxygen atoms in total. The van der Waals surface area contributed by atoms with E-state index in [9.17, 15) is 18.4 Å². The van der Waals surface area contributed by atoms with Gasteiger partial charge in [0.25, 0.3) is 5.91 Å². The van der Waals surface area contributed by atoms with Crippen LogP contribution in [0.1, 0.15) is 18.0 Å². The van der Waals surface area contributed by atoms with Gasteiger partial charge in [-0.1, -0.05) is 28.1 Å². The highest BCUT2D eigenvalue weighted by atomic mass is 79.9. The molecule has 1 unspecified atom stereocenters. The summed E-state index contributed by atoms with van der Waals surface area (Å²) in [5.74, 6) is -2.96. The van der Waals surface area contributed by atoms with Crippen LogP contribution < -0.4 is 10.1 Å². The number of amides is 1. The van der Waals surface area contributed by atoms with Crippen molar-refractivity contribution in [1.82, 2.24) is 5.32 Å².